The summed E-state index contributed by atoms with van der Waals surface area (Å²) in [6.45, 7) is 8.04. The average Bonchev–Trinajstić information content (AvgIpc) is 2.73. The van der Waals surface area contributed by atoms with E-state index in [0.717, 1.165) is 29.2 Å². The first kappa shape index (κ1) is 25.3. The number of ether oxygens (including phenoxy) is 1. The van der Waals surface area contributed by atoms with Gasteiger partial charge in [-0.3, -0.25) is 4.79 Å². The molecule has 2 rings (SSSR count). The van der Waals surface area contributed by atoms with Gasteiger partial charge in [-0.1, -0.05) is 93.2 Å². The Morgan fingerprint density at radius 3 is 1.87 bits per heavy atom. The van der Waals surface area contributed by atoms with Gasteiger partial charge >= 0.3 is 5.97 Å². The van der Waals surface area contributed by atoms with Crippen LogP contribution < -0.4 is 10.4 Å². The van der Waals surface area contributed by atoms with Gasteiger partial charge in [0, 0.05) is 25.2 Å². The predicted octanol–water partition coefficient (Wildman–Crippen LogP) is 4.11. The van der Waals surface area contributed by atoms with Gasteiger partial charge in [0.05, 0.1) is 7.11 Å². The van der Waals surface area contributed by atoms with E-state index in [2.05, 4.69) is 49.8 Å². The fraction of sp³-hybridized carbons (Fsp3) is 0.417. The smallest absolute Gasteiger partial charge is 0.340 e. The third-order valence-electron chi connectivity index (χ3n) is 5.16. The Morgan fingerprint density at radius 1 is 1.00 bits per heavy atom. The number of thioether (sulfide) groups is 1. The van der Waals surface area contributed by atoms with Crippen LogP contribution in [0.5, 0.6) is 0 Å². The van der Waals surface area contributed by atoms with Crippen LogP contribution in [0, 0.1) is 0 Å². The SMILES string of the molecule is COC(=O)C(F)CC(CO[Si](c1ccccc1)(c1ccccc1)C(C)(C)C)SC(C)=O. The van der Waals surface area contributed by atoms with Crippen LogP contribution in [0.3, 0.4) is 0 Å². The second kappa shape index (κ2) is 11.1. The molecular formula is C24H31FO4SSi. The van der Waals surface area contributed by atoms with Crippen LogP contribution in [0.15, 0.2) is 60.7 Å². The van der Waals surface area contributed by atoms with E-state index in [4.69, 9.17) is 4.43 Å². The van der Waals surface area contributed by atoms with Crippen LogP contribution in [0.1, 0.15) is 34.1 Å². The largest absolute Gasteiger partial charge is 0.467 e. The molecule has 31 heavy (non-hydrogen) atoms. The van der Waals surface area contributed by atoms with E-state index in [1.54, 1.807) is 0 Å². The Balaban J connectivity index is 2.46. The minimum Gasteiger partial charge on any atom is -0.467 e. The summed E-state index contributed by atoms with van der Waals surface area (Å²) in [6.07, 6.45) is -1.95. The van der Waals surface area contributed by atoms with Crippen molar-refractivity contribution in [2.75, 3.05) is 13.7 Å². The number of hydrogen-bond donors (Lipinski definition) is 0. The molecule has 0 bridgehead atoms. The van der Waals surface area contributed by atoms with Crippen molar-refractivity contribution in [3.63, 3.8) is 0 Å². The van der Waals surface area contributed by atoms with Crippen molar-refractivity contribution in [1.29, 1.82) is 0 Å². The van der Waals surface area contributed by atoms with E-state index in [1.165, 1.54) is 6.92 Å². The molecule has 168 valence electrons. The van der Waals surface area contributed by atoms with Gasteiger partial charge in [-0.15, -0.1) is 0 Å². The number of halogens is 1. The van der Waals surface area contributed by atoms with Gasteiger partial charge in [-0.2, -0.15) is 0 Å². The van der Waals surface area contributed by atoms with E-state index in [-0.39, 0.29) is 23.2 Å². The summed E-state index contributed by atoms with van der Waals surface area (Å²) >= 11 is 1.01. The van der Waals surface area contributed by atoms with Gasteiger partial charge in [0.2, 0.25) is 0 Å². The molecule has 0 fully saturated rings. The molecule has 0 saturated carbocycles. The lowest BCUT2D eigenvalue weighted by molar-refractivity contribution is -0.146. The maximum Gasteiger partial charge on any atom is 0.340 e. The minimum absolute atomic E-state index is 0.144. The molecule has 0 aromatic heterocycles. The van der Waals surface area contributed by atoms with Crippen LogP contribution in [-0.4, -0.2) is 44.5 Å². The van der Waals surface area contributed by atoms with Crippen LogP contribution in [0.25, 0.3) is 0 Å². The maximum absolute atomic E-state index is 14.4. The first-order valence-corrected chi connectivity index (χ1v) is 13.0. The zero-order valence-electron chi connectivity index (χ0n) is 18.8. The lowest BCUT2D eigenvalue weighted by atomic mass is 10.2. The molecule has 2 aromatic rings. The summed E-state index contributed by atoms with van der Waals surface area (Å²) in [5.74, 6) is -0.931. The van der Waals surface area contributed by atoms with Crippen LogP contribution in [-0.2, 0) is 18.8 Å². The van der Waals surface area contributed by atoms with Crippen molar-refractivity contribution in [3.8, 4) is 0 Å². The number of hydrogen-bond acceptors (Lipinski definition) is 5. The third kappa shape index (κ3) is 6.27. The van der Waals surface area contributed by atoms with Gasteiger partial charge in [0.25, 0.3) is 8.32 Å². The summed E-state index contributed by atoms with van der Waals surface area (Å²) in [6, 6.07) is 20.2. The molecule has 0 aliphatic rings. The predicted molar refractivity (Wildman–Crippen MR) is 127 cm³/mol. The number of rotatable bonds is 9. The van der Waals surface area contributed by atoms with Gasteiger partial charge in [-0.05, 0) is 15.4 Å². The lowest BCUT2D eigenvalue weighted by Crippen LogP contribution is -2.67. The van der Waals surface area contributed by atoms with Crippen molar-refractivity contribution in [3.05, 3.63) is 60.7 Å². The van der Waals surface area contributed by atoms with Crippen molar-refractivity contribution >= 4 is 41.5 Å². The highest BCUT2D eigenvalue weighted by molar-refractivity contribution is 8.14. The zero-order chi connectivity index (χ0) is 23.1. The molecule has 0 saturated heterocycles. The fourth-order valence-corrected chi connectivity index (χ4v) is 9.42. The average molecular weight is 463 g/mol. The van der Waals surface area contributed by atoms with Crippen LogP contribution >= 0.6 is 11.8 Å². The number of esters is 1. The molecule has 0 aliphatic heterocycles. The molecule has 0 spiro atoms. The standard InChI is InChI=1S/C24H31FO4SSi/c1-18(26)30-19(16-22(25)23(27)28-5)17-29-31(24(2,3)4,20-12-8-6-9-13-20)21-14-10-7-11-15-21/h6-15,19,22H,16-17H2,1-5H3. The van der Waals surface area contributed by atoms with Crippen molar-refractivity contribution < 1.29 is 23.1 Å². The molecule has 2 atom stereocenters. The molecule has 0 radical (unpaired) electrons. The molecule has 2 unspecified atom stereocenters. The summed E-state index contributed by atoms with van der Waals surface area (Å²) in [4.78, 5) is 23.4. The Hall–Kier alpha value is -1.96. The zero-order valence-corrected chi connectivity index (χ0v) is 20.6. The molecule has 4 nitrogen and oxygen atoms in total. The van der Waals surface area contributed by atoms with Gasteiger partial charge in [0.15, 0.2) is 11.3 Å². The normalized spacial score (nSPS) is 14.0. The maximum atomic E-state index is 14.4. The van der Waals surface area contributed by atoms with E-state index in [0.29, 0.717) is 0 Å². The number of carbonyl (C=O) groups excluding carboxylic acids is 2. The Kier molecular flexibility index (Phi) is 9.03. The Labute approximate surface area is 189 Å². The first-order valence-electron chi connectivity index (χ1n) is 10.3. The topological polar surface area (TPSA) is 52.6 Å². The summed E-state index contributed by atoms with van der Waals surface area (Å²) in [7, 11) is -1.66. The van der Waals surface area contributed by atoms with E-state index in [9.17, 15) is 14.0 Å². The highest BCUT2D eigenvalue weighted by Gasteiger charge is 2.50. The van der Waals surface area contributed by atoms with Crippen molar-refractivity contribution in [2.45, 2.75) is 50.6 Å². The van der Waals surface area contributed by atoms with E-state index in [1.807, 2.05) is 36.4 Å². The number of benzene rings is 2. The molecule has 0 N–H and O–H groups in total. The van der Waals surface area contributed by atoms with Crippen molar-refractivity contribution in [1.82, 2.24) is 0 Å². The minimum atomic E-state index is -2.81. The number of carbonyl (C=O) groups is 2. The summed E-state index contributed by atoms with van der Waals surface area (Å²) < 4.78 is 25.7. The lowest BCUT2D eigenvalue weighted by Gasteiger charge is -2.43. The Bertz CT molecular complexity index is 815. The summed E-state index contributed by atoms with van der Waals surface area (Å²) in [5, 5.41) is 1.31. The second-order valence-electron chi connectivity index (χ2n) is 8.43. The molecule has 2 aromatic carbocycles. The number of methoxy groups -OCH3 is 1. The van der Waals surface area contributed by atoms with Crippen molar-refractivity contribution in [2.24, 2.45) is 0 Å². The highest BCUT2D eigenvalue weighted by atomic mass is 32.2. The quantitative estimate of drug-likeness (QED) is 0.415. The van der Waals surface area contributed by atoms with Gasteiger partial charge in [0.1, 0.15) is 0 Å². The Morgan fingerprint density at radius 2 is 1.48 bits per heavy atom. The molecule has 0 heterocycles. The third-order valence-corrected chi connectivity index (χ3v) is 11.2. The number of alkyl halides is 1. The molecule has 0 amide bonds. The van der Waals surface area contributed by atoms with Crippen LogP contribution in [0.2, 0.25) is 5.04 Å². The molecule has 0 aliphatic carbocycles. The van der Waals surface area contributed by atoms with Crippen LogP contribution in [0.4, 0.5) is 4.39 Å². The monoisotopic (exact) mass is 462 g/mol. The first-order chi connectivity index (χ1) is 14.6. The fourth-order valence-electron chi connectivity index (χ4n) is 3.82. The molecular weight excluding hydrogens is 431 g/mol. The van der Waals surface area contributed by atoms with E-state index >= 15 is 0 Å². The van der Waals surface area contributed by atoms with E-state index < -0.39 is 25.7 Å². The van der Waals surface area contributed by atoms with Gasteiger partial charge in [-0.25, -0.2) is 9.18 Å². The summed E-state index contributed by atoms with van der Waals surface area (Å²) in [5.41, 5.74) is 0. The highest BCUT2D eigenvalue weighted by Crippen LogP contribution is 2.37. The second-order valence-corrected chi connectivity index (χ2v) is 14.2. The molecule has 7 heteroatoms. The van der Waals surface area contributed by atoms with Gasteiger partial charge < -0.3 is 9.16 Å².